The largest absolute Gasteiger partial charge is 0.410 e. The zero-order valence-electron chi connectivity index (χ0n) is 16.8. The van der Waals surface area contributed by atoms with Gasteiger partial charge in [-0.3, -0.25) is 0 Å². The van der Waals surface area contributed by atoms with Crippen LogP contribution >= 0.6 is 11.3 Å². The van der Waals surface area contributed by atoms with E-state index in [1.54, 1.807) is 0 Å². The standard InChI is InChI=1S/C22H25N5O2S/c1-13-3-2-4-14(11-13)5-6-15-12-17(27-9-7-16(23)8-10-27)26-20-18(15)19(24)21(30-20)29-22(25)28/h2-6,11-12,16H,7-10,23-24H2,1H3,(H2,25,28)/b6-5+. The average molecular weight is 424 g/mol. The number of hydrogen-bond donors (Lipinski definition) is 3. The Bertz CT molecular complexity index is 1120. The number of pyridine rings is 1. The molecular formula is C22H25N5O2S. The van der Waals surface area contributed by atoms with Gasteiger partial charge in [-0.15, -0.1) is 0 Å². The Labute approximate surface area is 179 Å². The Balaban J connectivity index is 1.80. The number of ether oxygens (including phenoxy) is 1. The number of carbonyl (C=O) groups is 1. The van der Waals surface area contributed by atoms with Gasteiger partial charge in [0.05, 0.1) is 5.69 Å². The quantitative estimate of drug-likeness (QED) is 0.588. The van der Waals surface area contributed by atoms with Crippen molar-refractivity contribution in [3.8, 4) is 5.06 Å². The fourth-order valence-corrected chi connectivity index (χ4v) is 4.65. The number of aromatic nitrogens is 1. The minimum absolute atomic E-state index is 0.235. The van der Waals surface area contributed by atoms with E-state index in [9.17, 15) is 4.79 Å². The highest BCUT2D eigenvalue weighted by atomic mass is 32.1. The molecule has 0 spiro atoms. The van der Waals surface area contributed by atoms with Crippen molar-refractivity contribution in [3.63, 3.8) is 0 Å². The fraction of sp³-hybridized carbons (Fsp3) is 0.273. The maximum Gasteiger partial charge on any atom is 0.410 e. The van der Waals surface area contributed by atoms with E-state index in [0.717, 1.165) is 48.3 Å². The van der Waals surface area contributed by atoms with Crippen LogP contribution in [0.2, 0.25) is 0 Å². The second-order valence-electron chi connectivity index (χ2n) is 7.55. The zero-order valence-corrected chi connectivity index (χ0v) is 17.6. The summed E-state index contributed by atoms with van der Waals surface area (Å²) in [6, 6.07) is 10.5. The van der Waals surface area contributed by atoms with Crippen LogP contribution in [0.4, 0.5) is 16.3 Å². The molecule has 7 nitrogen and oxygen atoms in total. The maximum atomic E-state index is 11.3. The van der Waals surface area contributed by atoms with Gasteiger partial charge in [0.25, 0.3) is 0 Å². The van der Waals surface area contributed by atoms with Gasteiger partial charge in [0.15, 0.2) is 0 Å². The van der Waals surface area contributed by atoms with Crippen LogP contribution < -0.4 is 26.8 Å². The molecule has 3 heterocycles. The highest BCUT2D eigenvalue weighted by Gasteiger charge is 2.22. The SMILES string of the molecule is Cc1cccc(/C=C/c2cc(N3CCC(N)CC3)nc3sc(OC(N)=O)c(N)c23)c1. The number of aryl methyl sites for hydroxylation is 1. The predicted octanol–water partition coefficient (Wildman–Crippen LogP) is 3.74. The van der Waals surface area contributed by atoms with Crippen LogP contribution in [0.1, 0.15) is 29.5 Å². The van der Waals surface area contributed by atoms with Gasteiger partial charge >= 0.3 is 6.09 Å². The van der Waals surface area contributed by atoms with E-state index >= 15 is 0 Å². The molecule has 1 aromatic carbocycles. The number of anilines is 2. The third kappa shape index (κ3) is 4.24. The van der Waals surface area contributed by atoms with Gasteiger partial charge in [-0.2, -0.15) is 0 Å². The first-order chi connectivity index (χ1) is 14.4. The monoisotopic (exact) mass is 423 g/mol. The van der Waals surface area contributed by atoms with Crippen LogP contribution in [0.25, 0.3) is 22.4 Å². The Morgan fingerprint density at radius 3 is 2.73 bits per heavy atom. The molecule has 2 aromatic heterocycles. The van der Waals surface area contributed by atoms with Crippen LogP contribution in [-0.2, 0) is 0 Å². The second kappa shape index (κ2) is 8.33. The van der Waals surface area contributed by atoms with Crippen molar-refractivity contribution < 1.29 is 9.53 Å². The molecule has 0 saturated carbocycles. The van der Waals surface area contributed by atoms with Gasteiger partial charge in [-0.25, -0.2) is 9.78 Å². The van der Waals surface area contributed by atoms with E-state index in [4.69, 9.17) is 26.9 Å². The number of nitrogen functional groups attached to an aromatic ring is 1. The van der Waals surface area contributed by atoms with Gasteiger partial charge in [-0.05, 0) is 37.0 Å². The number of piperidine rings is 1. The van der Waals surface area contributed by atoms with Gasteiger partial charge in [0.2, 0.25) is 5.06 Å². The van der Waals surface area contributed by atoms with E-state index in [2.05, 4.69) is 24.0 Å². The van der Waals surface area contributed by atoms with Crippen molar-refractivity contribution in [1.29, 1.82) is 0 Å². The summed E-state index contributed by atoms with van der Waals surface area (Å²) in [5.74, 6) is 0.866. The molecular weight excluding hydrogens is 398 g/mol. The summed E-state index contributed by atoms with van der Waals surface area (Å²) in [4.78, 5) is 19.0. The van der Waals surface area contributed by atoms with E-state index in [0.29, 0.717) is 10.5 Å². The molecule has 156 valence electrons. The Morgan fingerprint density at radius 2 is 2.03 bits per heavy atom. The van der Waals surface area contributed by atoms with Crippen LogP contribution in [-0.4, -0.2) is 30.2 Å². The Kier molecular flexibility index (Phi) is 5.61. The summed E-state index contributed by atoms with van der Waals surface area (Å²) < 4.78 is 5.10. The molecule has 1 aliphatic rings. The summed E-state index contributed by atoms with van der Waals surface area (Å²) in [5, 5.41) is 1.03. The third-order valence-corrected chi connectivity index (χ3v) is 6.21. The van der Waals surface area contributed by atoms with Crippen LogP contribution in [0, 0.1) is 6.92 Å². The number of rotatable bonds is 4. The van der Waals surface area contributed by atoms with Crippen LogP contribution in [0.3, 0.4) is 0 Å². The lowest BCUT2D eigenvalue weighted by atomic mass is 10.0. The molecule has 8 heteroatoms. The maximum absolute atomic E-state index is 11.3. The van der Waals surface area contributed by atoms with Crippen molar-refractivity contribution in [2.45, 2.75) is 25.8 Å². The molecule has 1 amide bonds. The number of nitrogens with two attached hydrogens (primary N) is 3. The highest BCUT2D eigenvalue weighted by Crippen LogP contribution is 2.42. The lowest BCUT2D eigenvalue weighted by molar-refractivity contribution is 0.212. The first-order valence-corrected chi connectivity index (χ1v) is 10.7. The number of carbonyl (C=O) groups excluding carboxylic acids is 1. The predicted molar refractivity (Wildman–Crippen MR) is 124 cm³/mol. The topological polar surface area (TPSA) is 120 Å². The summed E-state index contributed by atoms with van der Waals surface area (Å²) in [6.45, 7) is 3.77. The molecule has 4 rings (SSSR count). The van der Waals surface area contributed by atoms with E-state index in [1.165, 1.54) is 16.9 Å². The molecule has 0 unspecified atom stereocenters. The fourth-order valence-electron chi connectivity index (χ4n) is 3.67. The smallest absolute Gasteiger partial charge is 0.397 e. The molecule has 1 aliphatic heterocycles. The molecule has 30 heavy (non-hydrogen) atoms. The molecule has 0 radical (unpaired) electrons. The molecule has 6 N–H and O–H groups in total. The molecule has 3 aromatic rings. The van der Waals surface area contributed by atoms with E-state index in [1.807, 2.05) is 30.4 Å². The lowest BCUT2D eigenvalue weighted by Crippen LogP contribution is -2.40. The first kappa shape index (κ1) is 20.2. The summed E-state index contributed by atoms with van der Waals surface area (Å²) in [5.41, 5.74) is 21.1. The average Bonchev–Trinajstić information content (AvgIpc) is 3.01. The number of primary amides is 1. The van der Waals surface area contributed by atoms with Crippen molar-refractivity contribution in [2.24, 2.45) is 11.5 Å². The number of nitrogens with zero attached hydrogens (tertiary/aromatic N) is 2. The van der Waals surface area contributed by atoms with Gasteiger partial charge in [-0.1, -0.05) is 53.3 Å². The van der Waals surface area contributed by atoms with E-state index < -0.39 is 6.09 Å². The van der Waals surface area contributed by atoms with Crippen molar-refractivity contribution in [3.05, 3.63) is 47.0 Å². The first-order valence-electron chi connectivity index (χ1n) is 9.86. The molecule has 0 aliphatic carbocycles. The molecule has 1 fully saturated rings. The third-order valence-electron chi connectivity index (χ3n) is 5.24. The van der Waals surface area contributed by atoms with Crippen molar-refractivity contribution in [1.82, 2.24) is 4.98 Å². The molecule has 1 saturated heterocycles. The number of thiophene rings is 1. The minimum Gasteiger partial charge on any atom is -0.397 e. The van der Waals surface area contributed by atoms with Crippen molar-refractivity contribution >= 4 is 51.3 Å². The summed E-state index contributed by atoms with van der Waals surface area (Å²) in [7, 11) is 0. The lowest BCUT2D eigenvalue weighted by Gasteiger charge is -2.31. The van der Waals surface area contributed by atoms with Crippen molar-refractivity contribution in [2.75, 3.05) is 23.7 Å². The van der Waals surface area contributed by atoms with Crippen LogP contribution in [0.5, 0.6) is 5.06 Å². The Morgan fingerprint density at radius 1 is 1.27 bits per heavy atom. The summed E-state index contributed by atoms with van der Waals surface area (Å²) in [6.07, 6.45) is 5.03. The number of amides is 1. The van der Waals surface area contributed by atoms with Gasteiger partial charge in [0, 0.05) is 24.5 Å². The summed E-state index contributed by atoms with van der Waals surface area (Å²) >= 11 is 1.22. The minimum atomic E-state index is -0.893. The number of hydrogen-bond acceptors (Lipinski definition) is 7. The zero-order chi connectivity index (χ0) is 21.3. The van der Waals surface area contributed by atoms with Gasteiger partial charge < -0.3 is 26.8 Å². The number of fused-ring (bicyclic) bond motifs is 1. The highest BCUT2D eigenvalue weighted by molar-refractivity contribution is 7.21. The van der Waals surface area contributed by atoms with E-state index in [-0.39, 0.29) is 11.1 Å². The van der Waals surface area contributed by atoms with Gasteiger partial charge in [0.1, 0.15) is 10.6 Å². The Hall–Kier alpha value is -3.10. The second-order valence-corrected chi connectivity index (χ2v) is 8.51. The molecule has 0 atom stereocenters. The molecule has 0 bridgehead atoms. The normalized spacial score (nSPS) is 15.2. The van der Waals surface area contributed by atoms with Crippen LogP contribution in [0.15, 0.2) is 30.3 Å². The number of benzene rings is 1.